The molecule has 1 N–H and O–H groups in total. The first-order valence-electron chi connectivity index (χ1n) is 7.99. The summed E-state index contributed by atoms with van der Waals surface area (Å²) in [6.45, 7) is 0.530. The molecule has 0 saturated carbocycles. The van der Waals surface area contributed by atoms with Gasteiger partial charge < -0.3 is 9.84 Å². The Morgan fingerprint density at radius 2 is 1.52 bits per heavy atom. The average Bonchev–Trinajstić information content (AvgIpc) is 2.66. The summed E-state index contributed by atoms with van der Waals surface area (Å²) in [7, 11) is 0. The van der Waals surface area contributed by atoms with Gasteiger partial charge in [-0.25, -0.2) is 4.79 Å². The summed E-state index contributed by atoms with van der Waals surface area (Å²) >= 11 is 0. The van der Waals surface area contributed by atoms with Crippen LogP contribution in [0, 0.1) is 0 Å². The van der Waals surface area contributed by atoms with Crippen LogP contribution in [0.5, 0.6) is 5.75 Å². The zero-order valence-corrected chi connectivity index (χ0v) is 13.6. The summed E-state index contributed by atoms with van der Waals surface area (Å²) in [6, 6.07) is 24.6. The van der Waals surface area contributed by atoms with Crippen molar-refractivity contribution >= 4 is 18.1 Å². The first-order chi connectivity index (χ1) is 12.2. The number of carboxylic acid groups (broad SMARTS) is 1. The van der Waals surface area contributed by atoms with Gasteiger partial charge in [-0.05, 0) is 34.9 Å². The molecule has 25 heavy (non-hydrogen) atoms. The quantitative estimate of drug-likeness (QED) is 0.637. The molecule has 124 valence electrons. The molecule has 0 unspecified atom stereocenters. The molecule has 3 aromatic rings. The number of aromatic carboxylic acids is 1. The monoisotopic (exact) mass is 330 g/mol. The molecule has 0 amide bonds. The van der Waals surface area contributed by atoms with Crippen LogP contribution in [0.3, 0.4) is 0 Å². The van der Waals surface area contributed by atoms with Crippen LogP contribution in [0.15, 0.2) is 78.9 Å². The van der Waals surface area contributed by atoms with Gasteiger partial charge in [0.1, 0.15) is 12.4 Å². The molecule has 0 atom stereocenters. The van der Waals surface area contributed by atoms with Crippen LogP contribution in [0.1, 0.15) is 27.0 Å². The molecule has 3 aromatic carbocycles. The van der Waals surface area contributed by atoms with Crippen molar-refractivity contribution in [3.8, 4) is 5.75 Å². The van der Waals surface area contributed by atoms with E-state index in [-0.39, 0.29) is 0 Å². The molecule has 0 aliphatic heterocycles. The van der Waals surface area contributed by atoms with E-state index in [0.29, 0.717) is 17.7 Å². The minimum absolute atomic E-state index is 0.293. The first-order valence-corrected chi connectivity index (χ1v) is 7.99. The van der Waals surface area contributed by atoms with E-state index in [1.54, 1.807) is 18.2 Å². The van der Waals surface area contributed by atoms with E-state index in [9.17, 15) is 9.90 Å². The number of hydrogen-bond donors (Lipinski definition) is 1. The van der Waals surface area contributed by atoms with Crippen molar-refractivity contribution in [2.45, 2.75) is 6.61 Å². The van der Waals surface area contributed by atoms with E-state index in [0.717, 1.165) is 16.9 Å². The van der Waals surface area contributed by atoms with Crippen molar-refractivity contribution in [1.82, 2.24) is 0 Å². The number of benzene rings is 3. The number of carbonyl (C=O) groups is 1. The summed E-state index contributed by atoms with van der Waals surface area (Å²) in [5.41, 5.74) is 3.07. The average molecular weight is 330 g/mol. The predicted molar refractivity (Wildman–Crippen MR) is 99.5 cm³/mol. The second kappa shape index (κ2) is 7.97. The van der Waals surface area contributed by atoms with Crippen molar-refractivity contribution in [2.75, 3.05) is 0 Å². The van der Waals surface area contributed by atoms with Crippen LogP contribution in [-0.4, -0.2) is 11.1 Å². The lowest BCUT2D eigenvalue weighted by molar-refractivity contribution is 0.0696. The Labute approximate surface area is 146 Å². The molecule has 0 saturated heterocycles. The van der Waals surface area contributed by atoms with Crippen molar-refractivity contribution < 1.29 is 14.6 Å². The van der Waals surface area contributed by atoms with E-state index in [4.69, 9.17) is 4.74 Å². The zero-order valence-electron chi connectivity index (χ0n) is 13.6. The first kappa shape index (κ1) is 16.5. The molecule has 3 nitrogen and oxygen atoms in total. The highest BCUT2D eigenvalue weighted by Crippen LogP contribution is 2.17. The Bertz CT molecular complexity index is 865. The number of carboxylic acids is 1. The lowest BCUT2D eigenvalue weighted by Crippen LogP contribution is -1.98. The molecule has 3 rings (SSSR count). The van der Waals surface area contributed by atoms with Gasteiger partial charge in [0.2, 0.25) is 0 Å². The molecule has 0 bridgehead atoms. The maximum Gasteiger partial charge on any atom is 0.336 e. The highest BCUT2D eigenvalue weighted by Gasteiger charge is 2.05. The SMILES string of the molecule is O=C(O)c1ccccc1C=Cc1ccc(OCc2ccccc2)cc1. The highest BCUT2D eigenvalue weighted by atomic mass is 16.5. The number of hydrogen-bond acceptors (Lipinski definition) is 2. The van der Waals surface area contributed by atoms with Gasteiger partial charge in [-0.2, -0.15) is 0 Å². The maximum absolute atomic E-state index is 11.2. The fraction of sp³-hybridized carbons (Fsp3) is 0.0455. The van der Waals surface area contributed by atoms with E-state index in [1.807, 2.05) is 72.8 Å². The predicted octanol–water partition coefficient (Wildman–Crippen LogP) is 5.13. The largest absolute Gasteiger partial charge is 0.489 e. The molecule has 0 aliphatic rings. The van der Waals surface area contributed by atoms with Crippen LogP contribution >= 0.6 is 0 Å². The smallest absolute Gasteiger partial charge is 0.336 e. The van der Waals surface area contributed by atoms with Gasteiger partial charge in [0.05, 0.1) is 5.56 Å². The standard InChI is InChI=1S/C22H18O3/c23-22(24)21-9-5-4-8-19(21)13-10-17-11-14-20(15-12-17)25-16-18-6-2-1-3-7-18/h1-15H,16H2,(H,23,24). The Morgan fingerprint density at radius 1 is 0.840 bits per heavy atom. The Morgan fingerprint density at radius 3 is 2.24 bits per heavy atom. The van der Waals surface area contributed by atoms with Gasteiger partial charge in [0.25, 0.3) is 0 Å². The summed E-state index contributed by atoms with van der Waals surface area (Å²) < 4.78 is 5.76. The lowest BCUT2D eigenvalue weighted by Gasteiger charge is -2.06. The second-order valence-corrected chi connectivity index (χ2v) is 5.57. The minimum atomic E-state index is -0.926. The van der Waals surface area contributed by atoms with E-state index in [2.05, 4.69) is 0 Å². The molecular weight excluding hydrogens is 312 g/mol. The fourth-order valence-corrected chi connectivity index (χ4v) is 2.44. The van der Waals surface area contributed by atoms with Crippen LogP contribution < -0.4 is 4.74 Å². The van der Waals surface area contributed by atoms with Crippen molar-refractivity contribution in [2.24, 2.45) is 0 Å². The molecule has 0 aliphatic carbocycles. The van der Waals surface area contributed by atoms with Crippen LogP contribution in [0.4, 0.5) is 0 Å². The lowest BCUT2D eigenvalue weighted by atomic mass is 10.1. The van der Waals surface area contributed by atoms with Gasteiger partial charge in [-0.15, -0.1) is 0 Å². The van der Waals surface area contributed by atoms with Crippen LogP contribution in [0.25, 0.3) is 12.2 Å². The molecule has 0 heterocycles. The fourth-order valence-electron chi connectivity index (χ4n) is 2.44. The van der Waals surface area contributed by atoms with E-state index in [1.165, 1.54) is 0 Å². The summed E-state index contributed by atoms with van der Waals surface area (Å²) in [5.74, 6) is -0.128. The molecule has 0 aromatic heterocycles. The van der Waals surface area contributed by atoms with Crippen molar-refractivity contribution in [3.63, 3.8) is 0 Å². The van der Waals surface area contributed by atoms with Crippen LogP contribution in [0.2, 0.25) is 0 Å². The van der Waals surface area contributed by atoms with E-state index >= 15 is 0 Å². The van der Waals surface area contributed by atoms with Gasteiger partial charge in [-0.3, -0.25) is 0 Å². The van der Waals surface area contributed by atoms with Gasteiger partial charge in [0.15, 0.2) is 0 Å². The number of rotatable bonds is 6. The van der Waals surface area contributed by atoms with Crippen molar-refractivity contribution in [1.29, 1.82) is 0 Å². The van der Waals surface area contributed by atoms with Gasteiger partial charge in [0, 0.05) is 0 Å². The molecular formula is C22H18O3. The molecule has 3 heteroatoms. The third-order valence-electron chi connectivity index (χ3n) is 3.77. The maximum atomic E-state index is 11.2. The summed E-state index contributed by atoms with van der Waals surface area (Å²) in [5, 5.41) is 9.20. The Kier molecular flexibility index (Phi) is 5.27. The Hall–Kier alpha value is -3.33. The minimum Gasteiger partial charge on any atom is -0.489 e. The summed E-state index contributed by atoms with van der Waals surface area (Å²) in [4.78, 5) is 11.2. The molecule has 0 radical (unpaired) electrons. The van der Waals surface area contributed by atoms with Gasteiger partial charge in [-0.1, -0.05) is 72.8 Å². The molecule has 0 spiro atoms. The second-order valence-electron chi connectivity index (χ2n) is 5.57. The highest BCUT2D eigenvalue weighted by molar-refractivity contribution is 5.93. The number of ether oxygens (including phenoxy) is 1. The van der Waals surface area contributed by atoms with Crippen molar-refractivity contribution in [3.05, 3.63) is 101 Å². The zero-order chi connectivity index (χ0) is 17.5. The van der Waals surface area contributed by atoms with E-state index < -0.39 is 5.97 Å². The normalized spacial score (nSPS) is 10.7. The Balaban J connectivity index is 1.66. The third kappa shape index (κ3) is 4.58. The van der Waals surface area contributed by atoms with Gasteiger partial charge >= 0.3 is 5.97 Å². The summed E-state index contributed by atoms with van der Waals surface area (Å²) in [6.07, 6.45) is 3.70. The molecule has 0 fully saturated rings. The van der Waals surface area contributed by atoms with Crippen LogP contribution in [-0.2, 0) is 6.61 Å². The topological polar surface area (TPSA) is 46.5 Å². The third-order valence-corrected chi connectivity index (χ3v) is 3.77.